The average Bonchev–Trinajstić information content (AvgIpc) is 3.00. The molecule has 1 amide bonds. The van der Waals surface area contributed by atoms with Crippen LogP contribution in [0.3, 0.4) is 0 Å². The number of rotatable bonds is 6. The van der Waals surface area contributed by atoms with Crippen LogP contribution in [-0.2, 0) is 14.3 Å². The van der Waals surface area contributed by atoms with Crippen LogP contribution in [0.2, 0.25) is 10.0 Å². The number of benzene rings is 1. The van der Waals surface area contributed by atoms with Crippen molar-refractivity contribution in [2.24, 2.45) is 5.92 Å². The first-order valence-electron chi connectivity index (χ1n) is 7.45. The summed E-state index contributed by atoms with van der Waals surface area (Å²) in [6.45, 7) is -0.313. The Morgan fingerprint density at radius 2 is 1.95 bits per heavy atom. The molecule has 0 aliphatic heterocycles. The molecular weight excluding hydrogens is 325 g/mol. The summed E-state index contributed by atoms with van der Waals surface area (Å²) in [5, 5.41) is 3.42. The summed E-state index contributed by atoms with van der Waals surface area (Å²) in [4.78, 5) is 23.4. The molecule has 0 bridgehead atoms. The second kappa shape index (κ2) is 8.39. The number of carbonyl (C=O) groups is 2. The molecular formula is C16H19Cl2NO3. The van der Waals surface area contributed by atoms with E-state index in [1.54, 1.807) is 18.2 Å². The third kappa shape index (κ3) is 5.50. The number of hydrogen-bond donors (Lipinski definition) is 1. The van der Waals surface area contributed by atoms with Gasteiger partial charge in [-0.2, -0.15) is 0 Å². The van der Waals surface area contributed by atoms with Crippen LogP contribution in [-0.4, -0.2) is 18.5 Å². The Morgan fingerprint density at radius 1 is 1.23 bits per heavy atom. The van der Waals surface area contributed by atoms with E-state index in [9.17, 15) is 9.59 Å². The first-order chi connectivity index (χ1) is 10.5. The number of esters is 1. The van der Waals surface area contributed by atoms with Gasteiger partial charge in [-0.05, 0) is 30.5 Å². The zero-order valence-electron chi connectivity index (χ0n) is 12.2. The van der Waals surface area contributed by atoms with E-state index in [1.807, 2.05) is 0 Å². The molecule has 1 aromatic carbocycles. The van der Waals surface area contributed by atoms with E-state index in [0.29, 0.717) is 28.1 Å². The van der Waals surface area contributed by atoms with Crippen LogP contribution >= 0.6 is 23.2 Å². The van der Waals surface area contributed by atoms with Crippen molar-refractivity contribution in [1.82, 2.24) is 0 Å². The van der Waals surface area contributed by atoms with Crippen LogP contribution < -0.4 is 5.32 Å². The second-order valence-electron chi connectivity index (χ2n) is 5.52. The molecule has 1 aliphatic carbocycles. The molecule has 0 unspecified atom stereocenters. The minimum Gasteiger partial charge on any atom is -0.456 e. The molecule has 0 spiro atoms. The predicted molar refractivity (Wildman–Crippen MR) is 87.2 cm³/mol. The van der Waals surface area contributed by atoms with E-state index in [-0.39, 0.29) is 12.6 Å². The lowest BCUT2D eigenvalue weighted by Gasteiger charge is -2.10. The lowest BCUT2D eigenvalue weighted by molar-refractivity contribution is -0.147. The SMILES string of the molecule is O=C(COC(=O)CCC1CCCC1)Nc1cc(Cl)ccc1Cl. The van der Waals surface area contributed by atoms with E-state index in [4.69, 9.17) is 27.9 Å². The highest BCUT2D eigenvalue weighted by Crippen LogP contribution is 2.28. The largest absolute Gasteiger partial charge is 0.456 e. The highest BCUT2D eigenvalue weighted by molar-refractivity contribution is 6.35. The van der Waals surface area contributed by atoms with Crippen molar-refractivity contribution in [1.29, 1.82) is 0 Å². The number of hydrogen-bond acceptors (Lipinski definition) is 3. The fraction of sp³-hybridized carbons (Fsp3) is 0.500. The predicted octanol–water partition coefficient (Wildman–Crippen LogP) is 4.45. The monoisotopic (exact) mass is 343 g/mol. The van der Waals surface area contributed by atoms with E-state index in [1.165, 1.54) is 25.7 Å². The van der Waals surface area contributed by atoms with Gasteiger partial charge in [0, 0.05) is 11.4 Å². The Kier molecular flexibility index (Phi) is 6.52. The molecule has 22 heavy (non-hydrogen) atoms. The highest BCUT2D eigenvalue weighted by Gasteiger charge is 2.17. The highest BCUT2D eigenvalue weighted by atomic mass is 35.5. The minimum atomic E-state index is -0.432. The smallest absolute Gasteiger partial charge is 0.306 e. The van der Waals surface area contributed by atoms with Crippen molar-refractivity contribution in [2.45, 2.75) is 38.5 Å². The van der Waals surface area contributed by atoms with Crippen LogP contribution in [0.25, 0.3) is 0 Å². The minimum absolute atomic E-state index is 0.313. The lowest BCUT2D eigenvalue weighted by Crippen LogP contribution is -2.21. The summed E-state index contributed by atoms with van der Waals surface area (Å²) in [5.41, 5.74) is 0.404. The maximum absolute atomic E-state index is 11.8. The van der Waals surface area contributed by atoms with Gasteiger partial charge >= 0.3 is 5.97 Å². The zero-order chi connectivity index (χ0) is 15.9. The molecule has 1 fully saturated rings. The summed E-state index contributed by atoms with van der Waals surface area (Å²) < 4.78 is 4.98. The summed E-state index contributed by atoms with van der Waals surface area (Å²) in [6, 6.07) is 4.76. The molecule has 1 saturated carbocycles. The van der Waals surface area contributed by atoms with Crippen LogP contribution in [0.15, 0.2) is 18.2 Å². The first-order valence-corrected chi connectivity index (χ1v) is 8.20. The van der Waals surface area contributed by atoms with Gasteiger partial charge in [0.1, 0.15) is 0 Å². The maximum Gasteiger partial charge on any atom is 0.306 e. The molecule has 1 N–H and O–H groups in total. The number of ether oxygens (including phenoxy) is 1. The van der Waals surface area contributed by atoms with Crippen molar-refractivity contribution in [3.63, 3.8) is 0 Å². The fourth-order valence-electron chi connectivity index (χ4n) is 2.62. The van der Waals surface area contributed by atoms with Crippen molar-refractivity contribution in [3.05, 3.63) is 28.2 Å². The zero-order valence-corrected chi connectivity index (χ0v) is 13.8. The third-order valence-corrected chi connectivity index (χ3v) is 4.36. The molecule has 120 valence electrons. The topological polar surface area (TPSA) is 55.4 Å². The molecule has 0 saturated heterocycles. The third-order valence-electron chi connectivity index (χ3n) is 3.80. The normalized spacial score (nSPS) is 14.8. The van der Waals surface area contributed by atoms with Crippen LogP contribution in [0, 0.1) is 5.92 Å². The summed E-state index contributed by atoms with van der Waals surface area (Å²) in [5.74, 6) is -0.135. The molecule has 6 heteroatoms. The van der Waals surface area contributed by atoms with Gasteiger partial charge < -0.3 is 10.1 Å². The fourth-order valence-corrected chi connectivity index (χ4v) is 2.96. The molecule has 0 atom stereocenters. The van der Waals surface area contributed by atoms with Crippen molar-refractivity contribution in [2.75, 3.05) is 11.9 Å². The van der Waals surface area contributed by atoms with E-state index >= 15 is 0 Å². The summed E-state index contributed by atoms with van der Waals surface area (Å²) >= 11 is 11.8. The Balaban J connectivity index is 1.70. The quantitative estimate of drug-likeness (QED) is 0.776. The van der Waals surface area contributed by atoms with Gasteiger partial charge in [-0.3, -0.25) is 9.59 Å². The van der Waals surface area contributed by atoms with Crippen molar-refractivity contribution in [3.8, 4) is 0 Å². The average molecular weight is 344 g/mol. The van der Waals surface area contributed by atoms with E-state index in [2.05, 4.69) is 5.32 Å². The lowest BCUT2D eigenvalue weighted by atomic mass is 10.0. The number of anilines is 1. The molecule has 4 nitrogen and oxygen atoms in total. The molecule has 0 aromatic heterocycles. The Morgan fingerprint density at radius 3 is 2.68 bits per heavy atom. The van der Waals surface area contributed by atoms with Gasteiger partial charge in [-0.15, -0.1) is 0 Å². The van der Waals surface area contributed by atoms with Crippen LogP contribution in [0.4, 0.5) is 5.69 Å². The molecule has 0 heterocycles. The maximum atomic E-state index is 11.8. The van der Waals surface area contributed by atoms with Gasteiger partial charge in [0.2, 0.25) is 0 Å². The van der Waals surface area contributed by atoms with Gasteiger partial charge in [0.15, 0.2) is 6.61 Å². The second-order valence-corrected chi connectivity index (χ2v) is 6.37. The number of nitrogens with one attached hydrogen (secondary N) is 1. The van der Waals surface area contributed by atoms with Crippen LogP contribution in [0.1, 0.15) is 38.5 Å². The Hall–Kier alpha value is -1.26. The summed E-state index contributed by atoms with van der Waals surface area (Å²) in [6.07, 6.45) is 6.11. The summed E-state index contributed by atoms with van der Waals surface area (Å²) in [7, 11) is 0. The van der Waals surface area contributed by atoms with Crippen LogP contribution in [0.5, 0.6) is 0 Å². The standard InChI is InChI=1S/C16H19Cl2NO3/c17-12-6-7-13(18)14(9-12)19-15(20)10-22-16(21)8-5-11-3-1-2-4-11/h6-7,9,11H,1-5,8,10H2,(H,19,20). The number of amides is 1. The number of carbonyl (C=O) groups excluding carboxylic acids is 2. The molecule has 1 aliphatic rings. The van der Waals surface area contributed by atoms with Gasteiger partial charge in [-0.25, -0.2) is 0 Å². The van der Waals surface area contributed by atoms with Gasteiger partial charge in [0.05, 0.1) is 10.7 Å². The van der Waals surface area contributed by atoms with Gasteiger partial charge in [-0.1, -0.05) is 48.9 Å². The Bertz CT molecular complexity index is 542. The van der Waals surface area contributed by atoms with Gasteiger partial charge in [0.25, 0.3) is 5.91 Å². The molecule has 0 radical (unpaired) electrons. The first kappa shape index (κ1) is 17.1. The van der Waals surface area contributed by atoms with E-state index < -0.39 is 5.91 Å². The van der Waals surface area contributed by atoms with Crippen molar-refractivity contribution < 1.29 is 14.3 Å². The Labute approximate surface area is 140 Å². The molecule has 1 aromatic rings. The number of halogens is 2. The molecule has 2 rings (SSSR count). The van der Waals surface area contributed by atoms with Crippen molar-refractivity contribution >= 4 is 40.8 Å². The van der Waals surface area contributed by atoms with E-state index in [0.717, 1.165) is 6.42 Å².